The number of benzene rings is 1. The van der Waals surface area contributed by atoms with E-state index in [0.717, 1.165) is 31.7 Å². The molecule has 1 aromatic heterocycles. The zero-order chi connectivity index (χ0) is 19.2. The minimum Gasteiger partial charge on any atom is -0.378 e. The lowest BCUT2D eigenvalue weighted by molar-refractivity contribution is 0.121. The van der Waals surface area contributed by atoms with Crippen LogP contribution in [0.3, 0.4) is 0 Å². The highest BCUT2D eigenvalue weighted by Gasteiger charge is 2.20. The van der Waals surface area contributed by atoms with Gasteiger partial charge in [0.05, 0.1) is 32.6 Å². The number of ether oxygens (including phenoxy) is 2. The molecule has 2 aliphatic heterocycles. The largest absolute Gasteiger partial charge is 0.378 e. The molecule has 9 nitrogen and oxygen atoms in total. The molecule has 2 fully saturated rings. The topological polar surface area (TPSA) is 88.0 Å². The highest BCUT2D eigenvalue weighted by molar-refractivity contribution is 6.30. The molecule has 0 aliphatic carbocycles. The van der Waals surface area contributed by atoms with Gasteiger partial charge in [-0.15, -0.1) is 0 Å². The lowest BCUT2D eigenvalue weighted by atomic mass is 10.2. The second-order valence-electron chi connectivity index (χ2n) is 6.38. The number of halogens is 1. The van der Waals surface area contributed by atoms with Gasteiger partial charge in [0, 0.05) is 31.2 Å². The Balaban J connectivity index is 1.55. The zero-order valence-electron chi connectivity index (χ0n) is 15.4. The predicted octanol–water partition coefficient (Wildman–Crippen LogP) is 1.64. The molecule has 0 unspecified atom stereocenters. The average molecular weight is 404 g/mol. The highest BCUT2D eigenvalue weighted by Crippen LogP contribution is 2.18. The van der Waals surface area contributed by atoms with E-state index in [-0.39, 0.29) is 0 Å². The number of hydrogen-bond donors (Lipinski definition) is 1. The lowest BCUT2D eigenvalue weighted by Crippen LogP contribution is -2.40. The van der Waals surface area contributed by atoms with Crippen LogP contribution in [0.4, 0.5) is 17.8 Å². The van der Waals surface area contributed by atoms with Crippen molar-refractivity contribution in [2.75, 3.05) is 67.8 Å². The molecular weight excluding hydrogens is 382 g/mol. The molecule has 2 aromatic rings. The molecule has 3 heterocycles. The van der Waals surface area contributed by atoms with Gasteiger partial charge in [-0.2, -0.15) is 20.1 Å². The first-order valence-corrected chi connectivity index (χ1v) is 9.62. The maximum atomic E-state index is 6.01. The van der Waals surface area contributed by atoms with Gasteiger partial charge >= 0.3 is 0 Å². The van der Waals surface area contributed by atoms with Gasteiger partial charge in [-0.1, -0.05) is 23.7 Å². The Kier molecular flexibility index (Phi) is 6.15. The summed E-state index contributed by atoms with van der Waals surface area (Å²) < 4.78 is 10.9. The fraction of sp³-hybridized carbons (Fsp3) is 0.444. The third-order valence-corrected chi connectivity index (χ3v) is 4.66. The van der Waals surface area contributed by atoms with E-state index < -0.39 is 0 Å². The molecule has 0 bridgehead atoms. The molecule has 4 rings (SSSR count). The third kappa shape index (κ3) is 4.86. The molecule has 1 N–H and O–H groups in total. The Morgan fingerprint density at radius 1 is 0.929 bits per heavy atom. The molecular formula is C18H22ClN7O2. The van der Waals surface area contributed by atoms with Gasteiger partial charge in [-0.25, -0.2) is 5.43 Å². The average Bonchev–Trinajstić information content (AvgIpc) is 2.75. The van der Waals surface area contributed by atoms with Crippen LogP contribution in [0.2, 0.25) is 5.02 Å². The minimum absolute atomic E-state index is 0.399. The lowest BCUT2D eigenvalue weighted by Gasteiger charge is -2.30. The van der Waals surface area contributed by atoms with Crippen molar-refractivity contribution in [2.45, 2.75) is 0 Å². The van der Waals surface area contributed by atoms with Gasteiger partial charge in [-0.3, -0.25) is 0 Å². The highest BCUT2D eigenvalue weighted by atomic mass is 35.5. The van der Waals surface area contributed by atoms with Crippen LogP contribution in [0.25, 0.3) is 0 Å². The van der Waals surface area contributed by atoms with E-state index in [2.05, 4.69) is 35.3 Å². The van der Waals surface area contributed by atoms with E-state index in [4.69, 9.17) is 21.1 Å². The second-order valence-corrected chi connectivity index (χ2v) is 6.82. The number of hydrazone groups is 1. The number of nitrogens with zero attached hydrogens (tertiary/aromatic N) is 6. The van der Waals surface area contributed by atoms with Crippen molar-refractivity contribution in [1.29, 1.82) is 0 Å². The maximum Gasteiger partial charge on any atom is 0.250 e. The van der Waals surface area contributed by atoms with Crippen LogP contribution in [-0.2, 0) is 9.47 Å². The fourth-order valence-electron chi connectivity index (χ4n) is 2.96. The van der Waals surface area contributed by atoms with Crippen LogP contribution in [0.1, 0.15) is 5.56 Å². The molecule has 2 aliphatic rings. The molecule has 28 heavy (non-hydrogen) atoms. The van der Waals surface area contributed by atoms with Crippen molar-refractivity contribution >= 4 is 35.7 Å². The Morgan fingerprint density at radius 2 is 1.54 bits per heavy atom. The minimum atomic E-state index is 0.399. The molecule has 0 radical (unpaired) electrons. The number of aromatic nitrogens is 3. The van der Waals surface area contributed by atoms with E-state index >= 15 is 0 Å². The fourth-order valence-corrected chi connectivity index (χ4v) is 3.16. The van der Waals surface area contributed by atoms with Crippen LogP contribution in [0, 0.1) is 0 Å². The molecule has 0 saturated carbocycles. The van der Waals surface area contributed by atoms with Crippen molar-refractivity contribution in [2.24, 2.45) is 5.10 Å². The summed E-state index contributed by atoms with van der Waals surface area (Å²) >= 11 is 6.01. The molecule has 1 aromatic carbocycles. The standard InChI is InChI=1S/C18H22ClN7O2/c19-15-3-1-2-14(12-15)13-20-24-16-21-17(25-4-8-27-9-5-25)23-18(22-16)26-6-10-28-11-7-26/h1-3,12-13H,4-11H2,(H,21,22,23,24)/b20-13-. The number of anilines is 3. The Bertz CT molecular complexity index is 787. The Labute approximate surface area is 168 Å². The summed E-state index contributed by atoms with van der Waals surface area (Å²) in [5, 5.41) is 4.91. The van der Waals surface area contributed by atoms with E-state index in [1.165, 1.54) is 0 Å². The molecule has 2 saturated heterocycles. The zero-order valence-corrected chi connectivity index (χ0v) is 16.2. The van der Waals surface area contributed by atoms with E-state index in [1.54, 1.807) is 6.21 Å². The van der Waals surface area contributed by atoms with Gasteiger partial charge in [0.25, 0.3) is 0 Å². The van der Waals surface area contributed by atoms with Crippen molar-refractivity contribution in [3.05, 3.63) is 34.9 Å². The van der Waals surface area contributed by atoms with Gasteiger partial charge in [0.15, 0.2) is 0 Å². The first-order valence-electron chi connectivity index (χ1n) is 9.24. The Hall–Kier alpha value is -2.49. The van der Waals surface area contributed by atoms with Crippen molar-refractivity contribution in [3.8, 4) is 0 Å². The van der Waals surface area contributed by atoms with E-state index in [0.29, 0.717) is 49.3 Å². The number of rotatable bonds is 5. The number of nitrogens with one attached hydrogen (secondary N) is 1. The molecule has 10 heteroatoms. The number of hydrogen-bond acceptors (Lipinski definition) is 9. The van der Waals surface area contributed by atoms with Gasteiger partial charge in [-0.05, 0) is 17.7 Å². The second kappa shape index (κ2) is 9.13. The summed E-state index contributed by atoms with van der Waals surface area (Å²) in [6.07, 6.45) is 1.68. The van der Waals surface area contributed by atoms with Crippen LogP contribution in [0.15, 0.2) is 29.4 Å². The van der Waals surface area contributed by atoms with Crippen LogP contribution in [0.5, 0.6) is 0 Å². The van der Waals surface area contributed by atoms with Gasteiger partial charge in [0.1, 0.15) is 0 Å². The summed E-state index contributed by atoms with van der Waals surface area (Å²) in [5.41, 5.74) is 3.80. The summed E-state index contributed by atoms with van der Waals surface area (Å²) in [6, 6.07) is 7.45. The van der Waals surface area contributed by atoms with Crippen LogP contribution < -0.4 is 15.2 Å². The monoisotopic (exact) mass is 403 g/mol. The SMILES string of the molecule is Clc1cccc(/C=N\Nc2nc(N3CCOCC3)nc(N3CCOCC3)n2)c1. The van der Waals surface area contributed by atoms with Gasteiger partial charge in [0.2, 0.25) is 17.8 Å². The summed E-state index contributed by atoms with van der Waals surface area (Å²) in [7, 11) is 0. The summed E-state index contributed by atoms with van der Waals surface area (Å²) in [5.74, 6) is 1.65. The first kappa shape index (κ1) is 18.9. The van der Waals surface area contributed by atoms with E-state index in [9.17, 15) is 0 Å². The molecule has 148 valence electrons. The smallest absolute Gasteiger partial charge is 0.250 e. The van der Waals surface area contributed by atoms with Crippen LogP contribution in [-0.4, -0.2) is 73.8 Å². The quantitative estimate of drug-likeness (QED) is 0.595. The molecule has 0 atom stereocenters. The third-order valence-electron chi connectivity index (χ3n) is 4.43. The van der Waals surface area contributed by atoms with Crippen molar-refractivity contribution in [3.63, 3.8) is 0 Å². The normalized spacial score (nSPS) is 17.9. The van der Waals surface area contributed by atoms with Crippen molar-refractivity contribution in [1.82, 2.24) is 15.0 Å². The van der Waals surface area contributed by atoms with Crippen molar-refractivity contribution < 1.29 is 9.47 Å². The maximum absolute atomic E-state index is 6.01. The first-order chi connectivity index (χ1) is 13.8. The van der Waals surface area contributed by atoms with Gasteiger partial charge < -0.3 is 19.3 Å². The van der Waals surface area contributed by atoms with Crippen LogP contribution >= 0.6 is 11.6 Å². The predicted molar refractivity (Wildman–Crippen MR) is 109 cm³/mol. The van der Waals surface area contributed by atoms with E-state index in [1.807, 2.05) is 24.3 Å². The summed E-state index contributed by atoms with van der Waals surface area (Å²) in [4.78, 5) is 17.9. The Morgan fingerprint density at radius 3 is 2.11 bits per heavy atom. The number of morpholine rings is 2. The summed E-state index contributed by atoms with van der Waals surface area (Å²) in [6.45, 7) is 5.64. The molecule has 0 spiro atoms. The molecule has 0 amide bonds.